The molecule has 0 fully saturated rings. The second-order valence-corrected chi connectivity index (χ2v) is 4.35. The Bertz CT molecular complexity index is 662. The summed E-state index contributed by atoms with van der Waals surface area (Å²) in [6, 6.07) is 9.84. The molecule has 0 radical (unpaired) electrons. The van der Waals surface area contributed by atoms with Gasteiger partial charge < -0.3 is 14.8 Å². The van der Waals surface area contributed by atoms with Gasteiger partial charge in [0.15, 0.2) is 29.7 Å². The van der Waals surface area contributed by atoms with Gasteiger partial charge in [-0.1, -0.05) is 12.1 Å². The number of carbonyl (C=O) groups excluding carboxylic acids is 1. The number of benzene rings is 2. The lowest BCUT2D eigenvalue weighted by Crippen LogP contribution is -2.20. The van der Waals surface area contributed by atoms with Crippen LogP contribution in [0.5, 0.6) is 11.5 Å². The van der Waals surface area contributed by atoms with Crippen molar-refractivity contribution < 1.29 is 23.0 Å². The third-order valence-electron chi connectivity index (χ3n) is 2.71. The normalized spacial score (nSPS) is 10.1. The molecule has 0 aliphatic carbocycles. The van der Waals surface area contributed by atoms with E-state index in [2.05, 4.69) is 5.32 Å². The van der Waals surface area contributed by atoms with Crippen LogP contribution in [0.2, 0.25) is 0 Å². The molecule has 2 aromatic rings. The molecule has 6 heteroatoms. The average molecular weight is 307 g/mol. The van der Waals surface area contributed by atoms with Crippen LogP contribution < -0.4 is 14.8 Å². The minimum absolute atomic E-state index is 0.0180. The molecule has 0 aliphatic heterocycles. The minimum Gasteiger partial charge on any atom is -0.491 e. The van der Waals surface area contributed by atoms with E-state index in [-0.39, 0.29) is 23.8 Å². The second-order valence-electron chi connectivity index (χ2n) is 4.35. The van der Waals surface area contributed by atoms with Gasteiger partial charge in [0.2, 0.25) is 0 Å². The number of para-hydroxylation sites is 1. The van der Waals surface area contributed by atoms with Gasteiger partial charge in [-0.3, -0.25) is 4.79 Å². The average Bonchev–Trinajstić information content (AvgIpc) is 2.49. The van der Waals surface area contributed by atoms with E-state index < -0.39 is 17.5 Å². The third kappa shape index (κ3) is 4.18. The molecule has 0 aromatic heterocycles. The van der Waals surface area contributed by atoms with Gasteiger partial charge in [0, 0.05) is 11.8 Å². The van der Waals surface area contributed by atoms with Crippen molar-refractivity contribution in [2.24, 2.45) is 0 Å². The number of rotatable bonds is 6. The molecule has 22 heavy (non-hydrogen) atoms. The zero-order valence-electron chi connectivity index (χ0n) is 11.9. The number of hydrogen-bond donors (Lipinski definition) is 1. The number of hydrogen-bond acceptors (Lipinski definition) is 3. The summed E-state index contributed by atoms with van der Waals surface area (Å²) in [4.78, 5) is 11.7. The number of halogens is 2. The molecule has 116 valence electrons. The van der Waals surface area contributed by atoms with Crippen molar-refractivity contribution in [2.45, 2.75) is 6.92 Å². The van der Waals surface area contributed by atoms with E-state index in [9.17, 15) is 13.6 Å². The van der Waals surface area contributed by atoms with Gasteiger partial charge in [-0.05, 0) is 31.2 Å². The van der Waals surface area contributed by atoms with Crippen molar-refractivity contribution in [1.82, 2.24) is 0 Å². The molecule has 2 rings (SSSR count). The molecule has 0 spiro atoms. The van der Waals surface area contributed by atoms with Crippen LogP contribution in [0.3, 0.4) is 0 Å². The van der Waals surface area contributed by atoms with Crippen LogP contribution in [0.4, 0.5) is 14.5 Å². The Labute approximate surface area is 126 Å². The monoisotopic (exact) mass is 307 g/mol. The summed E-state index contributed by atoms with van der Waals surface area (Å²) in [5.41, 5.74) is 0.267. The fourth-order valence-corrected chi connectivity index (χ4v) is 1.75. The SMILES string of the molecule is CCOc1ccc(NC(=O)COc2ccccc2F)cc1F. The first kappa shape index (κ1) is 15.8. The number of amides is 1. The summed E-state index contributed by atoms with van der Waals surface area (Å²) < 4.78 is 37.1. The smallest absolute Gasteiger partial charge is 0.262 e. The predicted molar refractivity (Wildman–Crippen MR) is 78.1 cm³/mol. The maximum absolute atomic E-state index is 13.6. The maximum Gasteiger partial charge on any atom is 0.262 e. The Hall–Kier alpha value is -2.63. The van der Waals surface area contributed by atoms with Crippen LogP contribution in [0.25, 0.3) is 0 Å². The molecule has 0 atom stereocenters. The first-order valence-electron chi connectivity index (χ1n) is 6.69. The molecular formula is C16H15F2NO3. The molecule has 1 amide bonds. The highest BCUT2D eigenvalue weighted by molar-refractivity contribution is 5.91. The van der Waals surface area contributed by atoms with E-state index in [0.717, 1.165) is 6.07 Å². The van der Waals surface area contributed by atoms with Crippen molar-refractivity contribution in [1.29, 1.82) is 0 Å². The van der Waals surface area contributed by atoms with Gasteiger partial charge in [-0.15, -0.1) is 0 Å². The van der Waals surface area contributed by atoms with Gasteiger partial charge >= 0.3 is 0 Å². The van der Waals surface area contributed by atoms with Gasteiger partial charge in [-0.25, -0.2) is 8.78 Å². The largest absolute Gasteiger partial charge is 0.491 e. The number of ether oxygens (including phenoxy) is 2. The molecule has 0 unspecified atom stereocenters. The van der Waals surface area contributed by atoms with Crippen molar-refractivity contribution in [3.8, 4) is 11.5 Å². The zero-order valence-corrected chi connectivity index (χ0v) is 11.9. The van der Waals surface area contributed by atoms with Crippen molar-refractivity contribution in [2.75, 3.05) is 18.5 Å². The topological polar surface area (TPSA) is 47.6 Å². The maximum atomic E-state index is 13.6. The molecular weight excluding hydrogens is 292 g/mol. The molecule has 0 saturated heterocycles. The molecule has 2 aromatic carbocycles. The molecule has 1 N–H and O–H groups in total. The summed E-state index contributed by atoms with van der Waals surface area (Å²) >= 11 is 0. The van der Waals surface area contributed by atoms with E-state index in [1.54, 1.807) is 13.0 Å². The molecule has 0 aliphatic rings. The number of nitrogens with one attached hydrogen (secondary N) is 1. The van der Waals surface area contributed by atoms with Crippen LogP contribution in [0, 0.1) is 11.6 Å². The summed E-state index contributed by atoms with van der Waals surface area (Å²) in [7, 11) is 0. The molecule has 4 nitrogen and oxygen atoms in total. The highest BCUT2D eigenvalue weighted by atomic mass is 19.1. The second kappa shape index (κ2) is 7.40. The van der Waals surface area contributed by atoms with Gasteiger partial charge in [0.05, 0.1) is 6.61 Å². The van der Waals surface area contributed by atoms with Gasteiger partial charge in [0.1, 0.15) is 0 Å². The van der Waals surface area contributed by atoms with Crippen molar-refractivity contribution in [3.05, 3.63) is 54.1 Å². The molecule has 0 heterocycles. The Balaban J connectivity index is 1.92. The summed E-state index contributed by atoms with van der Waals surface area (Å²) in [6.07, 6.45) is 0. The fourth-order valence-electron chi connectivity index (χ4n) is 1.75. The lowest BCUT2D eigenvalue weighted by molar-refractivity contribution is -0.118. The number of carbonyl (C=O) groups is 1. The lowest BCUT2D eigenvalue weighted by atomic mass is 10.3. The van der Waals surface area contributed by atoms with Crippen LogP contribution >= 0.6 is 0 Å². The van der Waals surface area contributed by atoms with E-state index >= 15 is 0 Å². The quantitative estimate of drug-likeness (QED) is 0.890. The Morgan fingerprint density at radius 2 is 1.77 bits per heavy atom. The first-order chi connectivity index (χ1) is 10.6. The highest BCUT2D eigenvalue weighted by Gasteiger charge is 2.09. The van der Waals surface area contributed by atoms with Crippen molar-refractivity contribution >= 4 is 11.6 Å². The van der Waals surface area contributed by atoms with Crippen LogP contribution in [-0.4, -0.2) is 19.1 Å². The summed E-state index contributed by atoms with van der Waals surface area (Å²) in [5.74, 6) is -1.55. The van der Waals surface area contributed by atoms with E-state index in [1.165, 1.54) is 30.3 Å². The molecule has 0 bridgehead atoms. The fraction of sp³-hybridized carbons (Fsp3) is 0.188. The third-order valence-corrected chi connectivity index (χ3v) is 2.71. The minimum atomic E-state index is -0.574. The van der Waals surface area contributed by atoms with Crippen LogP contribution in [0.1, 0.15) is 6.92 Å². The predicted octanol–water partition coefficient (Wildman–Crippen LogP) is 3.38. The summed E-state index contributed by atoms with van der Waals surface area (Å²) in [6.45, 7) is 1.71. The first-order valence-corrected chi connectivity index (χ1v) is 6.69. The van der Waals surface area contributed by atoms with Crippen LogP contribution in [0.15, 0.2) is 42.5 Å². The van der Waals surface area contributed by atoms with E-state index in [1.807, 2.05) is 0 Å². The van der Waals surface area contributed by atoms with Crippen molar-refractivity contribution in [3.63, 3.8) is 0 Å². The van der Waals surface area contributed by atoms with Crippen LogP contribution in [-0.2, 0) is 4.79 Å². The van der Waals surface area contributed by atoms with E-state index in [0.29, 0.717) is 6.61 Å². The zero-order chi connectivity index (χ0) is 15.9. The Morgan fingerprint density at radius 1 is 1.05 bits per heavy atom. The number of anilines is 1. The van der Waals surface area contributed by atoms with Gasteiger partial charge in [0.25, 0.3) is 5.91 Å². The Kier molecular flexibility index (Phi) is 5.30. The highest BCUT2D eigenvalue weighted by Crippen LogP contribution is 2.21. The lowest BCUT2D eigenvalue weighted by Gasteiger charge is -2.09. The molecule has 0 saturated carbocycles. The van der Waals surface area contributed by atoms with E-state index in [4.69, 9.17) is 9.47 Å². The Morgan fingerprint density at radius 3 is 2.45 bits per heavy atom. The standard InChI is InChI=1S/C16H15F2NO3/c1-2-21-15-8-7-11(9-13(15)18)19-16(20)10-22-14-6-4-3-5-12(14)17/h3-9H,2,10H2,1H3,(H,19,20). The summed E-state index contributed by atoms with van der Waals surface area (Å²) in [5, 5.41) is 2.46. The van der Waals surface area contributed by atoms with Gasteiger partial charge in [-0.2, -0.15) is 0 Å².